The third kappa shape index (κ3) is 5.43. The predicted molar refractivity (Wildman–Crippen MR) is 147 cm³/mol. The number of carbonyl (C=O) groups excluding carboxylic acids is 1. The van der Waals surface area contributed by atoms with Crippen molar-refractivity contribution in [2.45, 2.75) is 12.7 Å². The fourth-order valence-corrected chi connectivity index (χ4v) is 4.96. The van der Waals surface area contributed by atoms with Crippen LogP contribution in [0.15, 0.2) is 89.6 Å². The third-order valence-electron chi connectivity index (χ3n) is 7.06. The molecular formula is C30H26F3N5O2. The Morgan fingerprint density at radius 1 is 0.975 bits per heavy atom. The van der Waals surface area contributed by atoms with Crippen molar-refractivity contribution in [3.8, 4) is 11.3 Å². The van der Waals surface area contributed by atoms with Crippen LogP contribution in [-0.4, -0.2) is 47.0 Å². The molecule has 4 heterocycles. The SMILES string of the molecule is O=C(Nc1cc(C(F)(F)F)ccc1N1CCN(Cc2ccccn2)CC1)c1ccc(-c2ccc3[nH]ccc3c2)o1. The number of hydrogen-bond acceptors (Lipinski definition) is 5. The monoisotopic (exact) mass is 545 g/mol. The Morgan fingerprint density at radius 3 is 2.60 bits per heavy atom. The Balaban J connectivity index is 1.20. The lowest BCUT2D eigenvalue weighted by Gasteiger charge is -2.37. The number of furan rings is 1. The van der Waals surface area contributed by atoms with E-state index in [-0.39, 0.29) is 11.4 Å². The van der Waals surface area contributed by atoms with Crippen molar-refractivity contribution in [2.24, 2.45) is 0 Å². The van der Waals surface area contributed by atoms with Crippen LogP contribution < -0.4 is 10.2 Å². The maximum Gasteiger partial charge on any atom is 0.416 e. The molecule has 0 aliphatic carbocycles. The van der Waals surface area contributed by atoms with Gasteiger partial charge in [0.2, 0.25) is 0 Å². The van der Waals surface area contributed by atoms with Crippen LogP contribution in [0.25, 0.3) is 22.2 Å². The Labute approximate surface area is 228 Å². The average molecular weight is 546 g/mol. The number of benzene rings is 2. The van der Waals surface area contributed by atoms with E-state index in [0.29, 0.717) is 44.2 Å². The van der Waals surface area contributed by atoms with Crippen LogP contribution in [0.1, 0.15) is 21.8 Å². The van der Waals surface area contributed by atoms with E-state index in [9.17, 15) is 18.0 Å². The quantitative estimate of drug-likeness (QED) is 0.258. The number of nitrogens with one attached hydrogen (secondary N) is 2. The second kappa shape index (κ2) is 10.5. The van der Waals surface area contributed by atoms with Crippen molar-refractivity contribution >= 4 is 28.2 Å². The van der Waals surface area contributed by atoms with Crippen molar-refractivity contribution in [1.82, 2.24) is 14.9 Å². The molecule has 40 heavy (non-hydrogen) atoms. The smallest absolute Gasteiger partial charge is 0.416 e. The van der Waals surface area contributed by atoms with E-state index >= 15 is 0 Å². The molecule has 1 amide bonds. The number of alkyl halides is 3. The van der Waals surface area contributed by atoms with Gasteiger partial charge in [0.1, 0.15) is 5.76 Å². The van der Waals surface area contributed by atoms with Crippen molar-refractivity contribution in [3.05, 3.63) is 102 Å². The first-order chi connectivity index (χ1) is 19.3. The topological polar surface area (TPSA) is 77.4 Å². The molecule has 0 saturated carbocycles. The summed E-state index contributed by atoms with van der Waals surface area (Å²) in [5, 5.41) is 3.67. The highest BCUT2D eigenvalue weighted by atomic mass is 19.4. The van der Waals surface area contributed by atoms with Gasteiger partial charge in [0.15, 0.2) is 5.76 Å². The molecule has 1 fully saturated rings. The summed E-state index contributed by atoms with van der Waals surface area (Å²) in [6.45, 7) is 3.29. The molecule has 1 aliphatic rings. The number of pyridine rings is 1. The maximum absolute atomic E-state index is 13.6. The summed E-state index contributed by atoms with van der Waals surface area (Å²) in [4.78, 5) is 24.9. The van der Waals surface area contributed by atoms with Crippen LogP contribution in [-0.2, 0) is 12.7 Å². The molecule has 2 aromatic carbocycles. The van der Waals surface area contributed by atoms with Crippen molar-refractivity contribution in [1.29, 1.82) is 0 Å². The van der Waals surface area contributed by atoms with Gasteiger partial charge < -0.3 is 19.6 Å². The highest BCUT2D eigenvalue weighted by molar-refractivity contribution is 6.04. The molecule has 1 saturated heterocycles. The molecule has 2 N–H and O–H groups in total. The minimum atomic E-state index is -4.55. The number of nitrogens with zero attached hydrogens (tertiary/aromatic N) is 3. The summed E-state index contributed by atoms with van der Waals surface area (Å²) in [6.07, 6.45) is -0.956. The molecule has 6 rings (SSSR count). The number of carbonyl (C=O) groups is 1. The van der Waals surface area contributed by atoms with Crippen molar-refractivity contribution in [3.63, 3.8) is 0 Å². The summed E-state index contributed by atoms with van der Waals surface area (Å²) in [5.41, 5.74) is 2.51. The maximum atomic E-state index is 13.6. The Morgan fingerprint density at radius 2 is 1.82 bits per heavy atom. The molecule has 0 atom stereocenters. The molecule has 204 valence electrons. The molecule has 3 aromatic heterocycles. The minimum absolute atomic E-state index is 0.00714. The Kier molecular flexibility index (Phi) is 6.77. The van der Waals surface area contributed by atoms with Gasteiger partial charge in [-0.05, 0) is 66.7 Å². The molecular weight excluding hydrogens is 519 g/mol. The van der Waals surface area contributed by atoms with E-state index in [2.05, 4.69) is 20.2 Å². The van der Waals surface area contributed by atoms with Crippen LogP contribution in [0.3, 0.4) is 0 Å². The highest BCUT2D eigenvalue weighted by Crippen LogP contribution is 2.36. The number of aromatic nitrogens is 2. The Hall–Kier alpha value is -4.57. The van der Waals surface area contributed by atoms with E-state index in [0.717, 1.165) is 34.3 Å². The van der Waals surface area contributed by atoms with Crippen LogP contribution in [0.2, 0.25) is 0 Å². The summed E-state index contributed by atoms with van der Waals surface area (Å²) in [7, 11) is 0. The van der Waals surface area contributed by atoms with Crippen LogP contribution >= 0.6 is 0 Å². The molecule has 0 radical (unpaired) electrons. The first kappa shape index (κ1) is 25.7. The third-order valence-corrected chi connectivity index (χ3v) is 7.06. The van der Waals surface area contributed by atoms with Crippen LogP contribution in [0, 0.1) is 0 Å². The molecule has 0 bridgehead atoms. The number of rotatable bonds is 6. The fraction of sp³-hybridized carbons (Fsp3) is 0.200. The van der Waals surface area contributed by atoms with E-state index in [4.69, 9.17) is 4.42 Å². The first-order valence-electron chi connectivity index (χ1n) is 12.9. The number of anilines is 2. The fourth-order valence-electron chi connectivity index (χ4n) is 4.96. The summed E-state index contributed by atoms with van der Waals surface area (Å²) in [5.74, 6) is -0.127. The van der Waals surface area contributed by atoms with Gasteiger partial charge in [-0.25, -0.2) is 0 Å². The second-order valence-electron chi connectivity index (χ2n) is 9.71. The minimum Gasteiger partial charge on any atom is -0.451 e. The summed E-state index contributed by atoms with van der Waals surface area (Å²) < 4.78 is 46.6. The standard InChI is InChI=1S/C30H26F3N5O2/c31-30(32,33)22-5-7-26(38-15-13-37(14-16-38)19-23-3-1-2-11-34-23)25(18-22)36-29(39)28-9-8-27(40-28)21-4-6-24-20(17-21)10-12-35-24/h1-12,17-18,35H,13-16,19H2,(H,36,39). The largest absolute Gasteiger partial charge is 0.451 e. The van der Waals surface area contributed by atoms with Crippen molar-refractivity contribution < 1.29 is 22.4 Å². The first-order valence-corrected chi connectivity index (χ1v) is 12.9. The van der Waals surface area contributed by atoms with Gasteiger partial charge in [-0.1, -0.05) is 6.07 Å². The molecule has 10 heteroatoms. The van der Waals surface area contributed by atoms with Gasteiger partial charge in [-0.15, -0.1) is 0 Å². The highest BCUT2D eigenvalue weighted by Gasteiger charge is 2.32. The van der Waals surface area contributed by atoms with Gasteiger partial charge in [0.25, 0.3) is 5.91 Å². The van der Waals surface area contributed by atoms with Gasteiger partial charge in [-0.2, -0.15) is 13.2 Å². The van der Waals surface area contributed by atoms with Crippen molar-refractivity contribution in [2.75, 3.05) is 36.4 Å². The molecule has 5 aromatic rings. The number of amides is 1. The predicted octanol–water partition coefficient (Wildman–Crippen LogP) is 6.42. The second-order valence-corrected chi connectivity index (χ2v) is 9.71. The zero-order chi connectivity index (χ0) is 27.7. The number of H-pyrrole nitrogens is 1. The molecule has 1 aliphatic heterocycles. The van der Waals surface area contributed by atoms with Gasteiger partial charge >= 0.3 is 6.18 Å². The van der Waals surface area contributed by atoms with Gasteiger partial charge in [-0.3, -0.25) is 14.7 Å². The lowest BCUT2D eigenvalue weighted by Crippen LogP contribution is -2.46. The molecule has 7 nitrogen and oxygen atoms in total. The lowest BCUT2D eigenvalue weighted by molar-refractivity contribution is -0.137. The normalized spacial score (nSPS) is 14.5. The van der Waals surface area contributed by atoms with E-state index < -0.39 is 17.6 Å². The molecule has 0 unspecified atom stereocenters. The van der Waals surface area contributed by atoms with Gasteiger partial charge in [0.05, 0.1) is 22.6 Å². The zero-order valence-electron chi connectivity index (χ0n) is 21.4. The number of fused-ring (bicyclic) bond motifs is 1. The van der Waals surface area contributed by atoms with E-state index in [1.807, 2.05) is 53.6 Å². The summed E-state index contributed by atoms with van der Waals surface area (Å²) in [6, 6.07) is 20.1. The van der Waals surface area contributed by atoms with Gasteiger partial charge in [0, 0.05) is 61.6 Å². The lowest BCUT2D eigenvalue weighted by atomic mass is 10.1. The number of aromatic amines is 1. The Bertz CT molecular complexity index is 1640. The summed E-state index contributed by atoms with van der Waals surface area (Å²) >= 11 is 0. The van der Waals surface area contributed by atoms with Crippen LogP contribution in [0.4, 0.5) is 24.5 Å². The number of halogens is 3. The van der Waals surface area contributed by atoms with E-state index in [1.165, 1.54) is 12.1 Å². The van der Waals surface area contributed by atoms with Crippen LogP contribution in [0.5, 0.6) is 0 Å². The number of piperazine rings is 1. The molecule has 0 spiro atoms. The number of hydrogen-bond donors (Lipinski definition) is 2. The van der Waals surface area contributed by atoms with E-state index in [1.54, 1.807) is 12.3 Å². The average Bonchev–Trinajstić information content (AvgIpc) is 3.63. The zero-order valence-corrected chi connectivity index (χ0v) is 21.4.